The third-order valence-electron chi connectivity index (χ3n) is 2.35. The molecule has 0 atom stereocenters. The number of thiazole rings is 1. The highest BCUT2D eigenvalue weighted by Crippen LogP contribution is 2.21. The smallest absolute Gasteiger partial charge is 0.320 e. The Bertz CT molecular complexity index is 773. The summed E-state index contributed by atoms with van der Waals surface area (Å²) in [6.07, 6.45) is -2.51. The van der Waals surface area contributed by atoms with E-state index in [1.165, 1.54) is 6.20 Å². The minimum Gasteiger partial charge on any atom is -0.320 e. The van der Waals surface area contributed by atoms with E-state index in [0.717, 1.165) is 23.6 Å². The summed E-state index contributed by atoms with van der Waals surface area (Å²) in [5, 5.41) is 1.89. The average Bonchev–Trinajstić information content (AvgIpc) is 2.80. The summed E-state index contributed by atoms with van der Waals surface area (Å²) in [6, 6.07) is 1.07. The second-order valence-electron chi connectivity index (χ2n) is 4.06. The Kier molecular flexibility index (Phi) is 4.78. The van der Waals surface area contributed by atoms with Crippen molar-refractivity contribution in [1.29, 1.82) is 0 Å². The number of anilines is 1. The maximum atomic E-state index is 12.4. The molecule has 1 N–H and O–H groups in total. The molecule has 2 rings (SSSR count). The van der Waals surface area contributed by atoms with E-state index in [2.05, 4.69) is 10.3 Å². The summed E-state index contributed by atoms with van der Waals surface area (Å²) in [5.74, 6) is -0.627. The van der Waals surface area contributed by atoms with Crippen LogP contribution in [0.5, 0.6) is 0 Å². The van der Waals surface area contributed by atoms with E-state index in [9.17, 15) is 22.8 Å². The first-order chi connectivity index (χ1) is 10.2. The first-order valence-electron chi connectivity index (χ1n) is 5.55. The lowest BCUT2D eigenvalue weighted by Crippen LogP contribution is -2.28. The Morgan fingerprint density at radius 1 is 1.41 bits per heavy atom. The maximum Gasteiger partial charge on any atom is 0.406 e. The van der Waals surface area contributed by atoms with Crippen LogP contribution in [0.4, 0.5) is 18.9 Å². The SMILES string of the molecule is O=C(Nc1cc(Cl)c(=O)n(CC(F)(F)F)c1)c1cnc(Cl)s1. The van der Waals surface area contributed by atoms with Gasteiger partial charge in [-0.1, -0.05) is 34.5 Å². The lowest BCUT2D eigenvalue weighted by molar-refractivity contribution is -0.141. The fraction of sp³-hybridized carbons (Fsp3) is 0.182. The number of rotatable bonds is 3. The van der Waals surface area contributed by atoms with Gasteiger partial charge in [0.25, 0.3) is 11.5 Å². The number of hydrogen-bond acceptors (Lipinski definition) is 4. The average molecular weight is 372 g/mol. The molecule has 0 aliphatic rings. The van der Waals surface area contributed by atoms with Crippen molar-refractivity contribution < 1.29 is 18.0 Å². The summed E-state index contributed by atoms with van der Waals surface area (Å²) in [7, 11) is 0. The second-order valence-corrected chi connectivity index (χ2v) is 6.08. The molecule has 1 amide bonds. The van der Waals surface area contributed by atoms with Gasteiger partial charge < -0.3 is 9.88 Å². The predicted molar refractivity (Wildman–Crippen MR) is 76.8 cm³/mol. The molecule has 118 valence electrons. The van der Waals surface area contributed by atoms with Crippen molar-refractivity contribution in [3.8, 4) is 0 Å². The van der Waals surface area contributed by atoms with Crippen LogP contribution in [0.25, 0.3) is 0 Å². The van der Waals surface area contributed by atoms with E-state index in [0.29, 0.717) is 4.57 Å². The molecule has 0 saturated carbocycles. The summed E-state index contributed by atoms with van der Waals surface area (Å²) in [6.45, 7) is -1.51. The number of nitrogens with one attached hydrogen (secondary N) is 1. The fourth-order valence-corrected chi connectivity index (χ4v) is 2.59. The van der Waals surface area contributed by atoms with Crippen LogP contribution >= 0.6 is 34.5 Å². The quantitative estimate of drug-likeness (QED) is 0.898. The van der Waals surface area contributed by atoms with Crippen LogP contribution < -0.4 is 10.9 Å². The van der Waals surface area contributed by atoms with Crippen molar-refractivity contribution in [2.45, 2.75) is 12.7 Å². The topological polar surface area (TPSA) is 64.0 Å². The molecular weight excluding hydrogens is 366 g/mol. The van der Waals surface area contributed by atoms with Crippen LogP contribution in [-0.2, 0) is 6.54 Å². The van der Waals surface area contributed by atoms with Gasteiger partial charge in [0.1, 0.15) is 16.4 Å². The number of carbonyl (C=O) groups excluding carboxylic acids is 1. The fourth-order valence-electron chi connectivity index (χ4n) is 1.53. The molecular formula is C11H6Cl2F3N3O2S. The Labute approximate surface area is 135 Å². The van der Waals surface area contributed by atoms with Crippen molar-refractivity contribution in [1.82, 2.24) is 9.55 Å². The van der Waals surface area contributed by atoms with Crippen LogP contribution in [0.15, 0.2) is 23.3 Å². The van der Waals surface area contributed by atoms with E-state index in [1.54, 1.807) is 0 Å². The molecule has 0 aliphatic carbocycles. The van der Waals surface area contributed by atoms with Crippen molar-refractivity contribution in [2.75, 3.05) is 5.32 Å². The van der Waals surface area contributed by atoms with E-state index < -0.39 is 29.2 Å². The van der Waals surface area contributed by atoms with Gasteiger partial charge in [0.05, 0.1) is 11.9 Å². The molecule has 0 aliphatic heterocycles. The Balaban J connectivity index is 2.28. The van der Waals surface area contributed by atoms with E-state index >= 15 is 0 Å². The number of alkyl halides is 3. The molecule has 5 nitrogen and oxygen atoms in total. The van der Waals surface area contributed by atoms with Crippen molar-refractivity contribution in [2.24, 2.45) is 0 Å². The lowest BCUT2D eigenvalue weighted by atomic mass is 10.3. The van der Waals surface area contributed by atoms with Crippen LogP contribution in [-0.4, -0.2) is 21.6 Å². The monoisotopic (exact) mass is 371 g/mol. The molecule has 2 heterocycles. The maximum absolute atomic E-state index is 12.4. The summed E-state index contributed by atoms with van der Waals surface area (Å²) >= 11 is 12.1. The minimum atomic E-state index is -4.60. The number of halogens is 5. The highest BCUT2D eigenvalue weighted by Gasteiger charge is 2.29. The number of pyridine rings is 1. The standard InChI is InChI=1S/C11H6Cl2F3N3O2S/c12-6-1-5(3-19(9(6)21)4-11(14,15)16)18-8(20)7-2-17-10(13)22-7/h1-3H,4H2,(H,18,20). The van der Waals surface area contributed by atoms with Gasteiger partial charge in [0.2, 0.25) is 0 Å². The Hall–Kier alpha value is -1.58. The van der Waals surface area contributed by atoms with Gasteiger partial charge in [0, 0.05) is 6.20 Å². The van der Waals surface area contributed by atoms with E-state index in [-0.39, 0.29) is 15.0 Å². The van der Waals surface area contributed by atoms with E-state index in [1.807, 2.05) is 0 Å². The summed E-state index contributed by atoms with van der Waals surface area (Å²) in [5.41, 5.74) is -1.05. The van der Waals surface area contributed by atoms with Crippen LogP contribution in [0.1, 0.15) is 9.67 Å². The summed E-state index contributed by atoms with van der Waals surface area (Å²) < 4.78 is 37.7. The number of carbonyl (C=O) groups is 1. The molecule has 22 heavy (non-hydrogen) atoms. The van der Waals surface area contributed by atoms with Crippen molar-refractivity contribution >= 4 is 46.1 Å². The van der Waals surface area contributed by atoms with Crippen LogP contribution in [0, 0.1) is 0 Å². The van der Waals surface area contributed by atoms with Crippen LogP contribution in [0.3, 0.4) is 0 Å². The zero-order chi connectivity index (χ0) is 16.5. The molecule has 0 saturated heterocycles. The molecule has 0 bridgehead atoms. The number of hydrogen-bond donors (Lipinski definition) is 1. The van der Waals surface area contributed by atoms with Gasteiger partial charge >= 0.3 is 6.18 Å². The molecule has 0 unspecified atom stereocenters. The first-order valence-corrected chi connectivity index (χ1v) is 7.12. The highest BCUT2D eigenvalue weighted by molar-refractivity contribution is 7.17. The normalized spacial score (nSPS) is 11.5. The van der Waals surface area contributed by atoms with Crippen molar-refractivity contribution in [3.63, 3.8) is 0 Å². The molecule has 0 radical (unpaired) electrons. The van der Waals surface area contributed by atoms with Gasteiger partial charge in [0.15, 0.2) is 4.47 Å². The minimum absolute atomic E-state index is 0.0524. The Morgan fingerprint density at radius 2 is 2.09 bits per heavy atom. The number of amides is 1. The van der Waals surface area contributed by atoms with Gasteiger partial charge in [-0.25, -0.2) is 4.98 Å². The van der Waals surface area contributed by atoms with Gasteiger partial charge in [-0.15, -0.1) is 0 Å². The number of nitrogens with zero attached hydrogens (tertiary/aromatic N) is 2. The zero-order valence-corrected chi connectivity index (χ0v) is 12.8. The van der Waals surface area contributed by atoms with Gasteiger partial charge in [-0.05, 0) is 6.07 Å². The van der Waals surface area contributed by atoms with E-state index in [4.69, 9.17) is 23.2 Å². The van der Waals surface area contributed by atoms with Gasteiger partial charge in [-0.3, -0.25) is 9.59 Å². The molecule has 2 aromatic rings. The highest BCUT2D eigenvalue weighted by atomic mass is 35.5. The van der Waals surface area contributed by atoms with Gasteiger partial charge in [-0.2, -0.15) is 13.2 Å². The largest absolute Gasteiger partial charge is 0.406 e. The molecule has 2 aromatic heterocycles. The third-order valence-corrected chi connectivity index (χ3v) is 3.74. The molecule has 0 fully saturated rings. The zero-order valence-electron chi connectivity index (χ0n) is 10.4. The first kappa shape index (κ1) is 16.8. The Morgan fingerprint density at radius 3 is 2.64 bits per heavy atom. The molecule has 0 aromatic carbocycles. The molecule has 0 spiro atoms. The molecule has 11 heteroatoms. The second kappa shape index (κ2) is 6.27. The summed E-state index contributed by atoms with van der Waals surface area (Å²) in [4.78, 5) is 27.3. The van der Waals surface area contributed by atoms with Crippen LogP contribution in [0.2, 0.25) is 9.49 Å². The predicted octanol–water partition coefficient (Wildman–Crippen LogP) is 3.43. The third kappa shape index (κ3) is 4.21. The van der Waals surface area contributed by atoms with Crippen molar-refractivity contribution in [3.05, 3.63) is 43.2 Å². The lowest BCUT2D eigenvalue weighted by Gasteiger charge is -2.12. The number of aromatic nitrogens is 2.